The van der Waals surface area contributed by atoms with Crippen molar-refractivity contribution in [1.82, 2.24) is 0 Å². The van der Waals surface area contributed by atoms with E-state index in [9.17, 15) is 0 Å². The van der Waals surface area contributed by atoms with E-state index >= 15 is 0 Å². The molecule has 0 heteroatoms. The quantitative estimate of drug-likeness (QED) is 0.602. The molecular weight excluding hydrogens is 216 g/mol. The smallest absolute Gasteiger partial charge is 0.0190 e. The van der Waals surface area contributed by atoms with Gasteiger partial charge in [0.2, 0.25) is 0 Å². The first kappa shape index (κ1) is 15.3. The average Bonchev–Trinajstić information content (AvgIpc) is 2.37. The van der Waals surface area contributed by atoms with Gasteiger partial charge in [0.25, 0.3) is 0 Å². The van der Waals surface area contributed by atoms with E-state index in [1.807, 2.05) is 0 Å². The highest BCUT2D eigenvalue weighted by molar-refractivity contribution is 5.46. The van der Waals surface area contributed by atoms with Gasteiger partial charge in [0.15, 0.2) is 0 Å². The van der Waals surface area contributed by atoms with Crippen molar-refractivity contribution in [2.24, 2.45) is 0 Å². The molecule has 0 aliphatic carbocycles. The van der Waals surface area contributed by atoms with Gasteiger partial charge in [-0.05, 0) is 66.8 Å². The Morgan fingerprint density at radius 1 is 0.944 bits per heavy atom. The van der Waals surface area contributed by atoms with Crippen LogP contribution in [0.4, 0.5) is 0 Å². The van der Waals surface area contributed by atoms with Gasteiger partial charge < -0.3 is 0 Å². The van der Waals surface area contributed by atoms with Crippen LogP contribution < -0.4 is 0 Å². The minimum absolute atomic E-state index is 0.691. The fourth-order valence-corrected chi connectivity index (χ4v) is 2.94. The van der Waals surface area contributed by atoms with Crippen LogP contribution in [0, 0.1) is 13.8 Å². The molecule has 0 bridgehead atoms. The summed E-state index contributed by atoms with van der Waals surface area (Å²) in [5, 5.41) is 0. The summed E-state index contributed by atoms with van der Waals surface area (Å²) in [7, 11) is 0. The zero-order valence-electron chi connectivity index (χ0n) is 13.2. The summed E-state index contributed by atoms with van der Waals surface area (Å²) in [5.41, 5.74) is 7.92. The van der Waals surface area contributed by atoms with Crippen molar-refractivity contribution in [3.8, 4) is 0 Å². The topological polar surface area (TPSA) is 0 Å². The van der Waals surface area contributed by atoms with Crippen molar-refractivity contribution in [3.05, 3.63) is 33.9 Å². The standard InChI is InChI=1S/C18H30/c1-7-10-16-12-18(13(4)9-3)15(6)17(11-8-2)14(16)5/h12-13H,7-11H2,1-6H3. The second-order valence-electron chi connectivity index (χ2n) is 5.66. The molecular formula is C18H30. The van der Waals surface area contributed by atoms with Gasteiger partial charge in [0.05, 0.1) is 0 Å². The fraction of sp³-hybridized carbons (Fsp3) is 0.667. The van der Waals surface area contributed by atoms with Crippen LogP contribution in [0.3, 0.4) is 0 Å². The Morgan fingerprint density at radius 3 is 2.06 bits per heavy atom. The molecule has 0 amide bonds. The van der Waals surface area contributed by atoms with Gasteiger partial charge in [-0.2, -0.15) is 0 Å². The van der Waals surface area contributed by atoms with E-state index in [2.05, 4.69) is 47.6 Å². The summed E-state index contributed by atoms with van der Waals surface area (Å²) in [4.78, 5) is 0. The molecule has 0 aliphatic heterocycles. The fourth-order valence-electron chi connectivity index (χ4n) is 2.94. The third-order valence-corrected chi connectivity index (χ3v) is 4.31. The first-order chi connectivity index (χ1) is 8.56. The molecule has 18 heavy (non-hydrogen) atoms. The number of rotatable bonds is 6. The van der Waals surface area contributed by atoms with E-state index in [4.69, 9.17) is 0 Å². The molecule has 0 fully saturated rings. The molecule has 0 nitrogen and oxygen atoms in total. The van der Waals surface area contributed by atoms with Crippen LogP contribution in [-0.4, -0.2) is 0 Å². The number of benzene rings is 1. The molecule has 0 radical (unpaired) electrons. The third-order valence-electron chi connectivity index (χ3n) is 4.31. The second-order valence-corrected chi connectivity index (χ2v) is 5.66. The maximum atomic E-state index is 2.49. The lowest BCUT2D eigenvalue weighted by molar-refractivity contribution is 0.720. The largest absolute Gasteiger partial charge is 0.0651 e. The third kappa shape index (κ3) is 3.16. The lowest BCUT2D eigenvalue weighted by Crippen LogP contribution is -2.06. The van der Waals surface area contributed by atoms with E-state index in [-0.39, 0.29) is 0 Å². The molecule has 1 atom stereocenters. The van der Waals surface area contributed by atoms with Gasteiger partial charge in [0.1, 0.15) is 0 Å². The maximum Gasteiger partial charge on any atom is -0.0190 e. The molecule has 0 aliphatic rings. The Kier molecular flexibility index (Phi) is 5.91. The summed E-state index contributed by atoms with van der Waals surface area (Å²) in [6.45, 7) is 13.9. The van der Waals surface area contributed by atoms with Crippen molar-refractivity contribution in [3.63, 3.8) is 0 Å². The van der Waals surface area contributed by atoms with Crippen molar-refractivity contribution in [2.45, 2.75) is 79.6 Å². The van der Waals surface area contributed by atoms with Gasteiger partial charge in [0, 0.05) is 0 Å². The highest BCUT2D eigenvalue weighted by Crippen LogP contribution is 2.30. The SMILES string of the molecule is CCCc1cc(C(C)CC)c(C)c(CCC)c1C. The second kappa shape index (κ2) is 6.97. The normalized spacial score (nSPS) is 12.8. The van der Waals surface area contributed by atoms with Gasteiger partial charge in [-0.15, -0.1) is 0 Å². The Morgan fingerprint density at radius 2 is 1.56 bits per heavy atom. The highest BCUT2D eigenvalue weighted by Gasteiger charge is 2.14. The summed E-state index contributed by atoms with van der Waals surface area (Å²) in [6.07, 6.45) is 6.19. The van der Waals surface area contributed by atoms with E-state index in [0.29, 0.717) is 5.92 Å². The molecule has 102 valence electrons. The van der Waals surface area contributed by atoms with Crippen molar-refractivity contribution in [2.75, 3.05) is 0 Å². The lowest BCUT2D eigenvalue weighted by atomic mass is 9.84. The first-order valence-corrected chi connectivity index (χ1v) is 7.68. The van der Waals surface area contributed by atoms with Crippen molar-refractivity contribution < 1.29 is 0 Å². The number of hydrogen-bond donors (Lipinski definition) is 0. The molecule has 0 aromatic heterocycles. The van der Waals surface area contributed by atoms with E-state index in [1.54, 1.807) is 27.8 Å². The van der Waals surface area contributed by atoms with Gasteiger partial charge in [-0.1, -0.05) is 46.6 Å². The summed E-state index contributed by atoms with van der Waals surface area (Å²) >= 11 is 0. The molecule has 1 rings (SSSR count). The summed E-state index contributed by atoms with van der Waals surface area (Å²) in [6, 6.07) is 2.49. The van der Waals surface area contributed by atoms with Crippen LogP contribution in [0.25, 0.3) is 0 Å². The summed E-state index contributed by atoms with van der Waals surface area (Å²) in [5.74, 6) is 0.691. The van der Waals surface area contributed by atoms with E-state index in [1.165, 1.54) is 32.1 Å². The first-order valence-electron chi connectivity index (χ1n) is 7.68. The molecule has 1 aromatic rings. The molecule has 1 aromatic carbocycles. The van der Waals surface area contributed by atoms with Crippen LogP contribution in [0.1, 0.15) is 80.7 Å². The van der Waals surface area contributed by atoms with Crippen LogP contribution in [0.5, 0.6) is 0 Å². The Bertz CT molecular complexity index is 388. The molecule has 0 heterocycles. The maximum absolute atomic E-state index is 2.49. The minimum Gasteiger partial charge on any atom is -0.0651 e. The van der Waals surface area contributed by atoms with E-state index in [0.717, 1.165) is 0 Å². The van der Waals surface area contributed by atoms with Crippen LogP contribution >= 0.6 is 0 Å². The molecule has 0 saturated carbocycles. The highest BCUT2D eigenvalue weighted by atomic mass is 14.2. The molecule has 1 unspecified atom stereocenters. The lowest BCUT2D eigenvalue weighted by Gasteiger charge is -2.21. The monoisotopic (exact) mass is 246 g/mol. The predicted molar refractivity (Wildman–Crippen MR) is 82.6 cm³/mol. The summed E-state index contributed by atoms with van der Waals surface area (Å²) < 4.78 is 0. The van der Waals surface area contributed by atoms with Crippen LogP contribution in [-0.2, 0) is 12.8 Å². The number of hydrogen-bond acceptors (Lipinski definition) is 0. The van der Waals surface area contributed by atoms with E-state index < -0.39 is 0 Å². The van der Waals surface area contributed by atoms with Crippen LogP contribution in [0.15, 0.2) is 6.07 Å². The zero-order chi connectivity index (χ0) is 13.7. The number of aryl methyl sites for hydroxylation is 1. The Labute approximate surface area is 114 Å². The van der Waals surface area contributed by atoms with Gasteiger partial charge in [-0.3, -0.25) is 0 Å². The Balaban J connectivity index is 3.34. The Hall–Kier alpha value is -0.780. The minimum atomic E-state index is 0.691. The van der Waals surface area contributed by atoms with Gasteiger partial charge in [-0.25, -0.2) is 0 Å². The van der Waals surface area contributed by atoms with Crippen molar-refractivity contribution >= 4 is 0 Å². The molecule has 0 saturated heterocycles. The van der Waals surface area contributed by atoms with Gasteiger partial charge >= 0.3 is 0 Å². The van der Waals surface area contributed by atoms with Crippen LogP contribution in [0.2, 0.25) is 0 Å². The van der Waals surface area contributed by atoms with Crippen molar-refractivity contribution in [1.29, 1.82) is 0 Å². The predicted octanol–water partition coefficient (Wildman–Crippen LogP) is 5.72. The molecule has 0 spiro atoms. The zero-order valence-corrected chi connectivity index (χ0v) is 13.2. The average molecular weight is 246 g/mol. The molecule has 0 N–H and O–H groups in total.